The second-order valence-electron chi connectivity index (χ2n) is 5.62. The van der Waals surface area contributed by atoms with Crippen LogP contribution in [-0.4, -0.2) is 19.1 Å². The average Bonchev–Trinajstić information content (AvgIpc) is 2.71. The summed E-state index contributed by atoms with van der Waals surface area (Å²) < 4.78 is 5.65. The molecule has 0 saturated carbocycles. The molecule has 0 saturated heterocycles. The van der Waals surface area contributed by atoms with Gasteiger partial charge in [0.1, 0.15) is 12.4 Å². The molecule has 4 heteroatoms. The molecule has 1 aliphatic rings. The van der Waals surface area contributed by atoms with Gasteiger partial charge in [0.2, 0.25) is 0 Å². The van der Waals surface area contributed by atoms with Gasteiger partial charge < -0.3 is 15.4 Å². The highest BCUT2D eigenvalue weighted by Crippen LogP contribution is 2.24. The molecule has 0 spiro atoms. The van der Waals surface area contributed by atoms with Crippen molar-refractivity contribution in [1.29, 1.82) is 0 Å². The summed E-state index contributed by atoms with van der Waals surface area (Å²) in [5.41, 5.74) is 4.70. The standard InChI is InChI=1S/C18H20N2O2/c1-12-3-5-16(13(2)9-12)18(21)20-15-4-6-17-14(10-15)11-19-7-8-22-17/h3-6,9-10,19H,7-8,11H2,1-2H3,(H,20,21). The monoisotopic (exact) mass is 296 g/mol. The zero-order valence-corrected chi connectivity index (χ0v) is 12.9. The minimum absolute atomic E-state index is 0.0834. The van der Waals surface area contributed by atoms with Crippen LogP contribution in [0.2, 0.25) is 0 Å². The molecular formula is C18H20N2O2. The van der Waals surface area contributed by atoms with Crippen LogP contribution in [-0.2, 0) is 6.54 Å². The van der Waals surface area contributed by atoms with Crippen molar-refractivity contribution in [3.05, 3.63) is 58.7 Å². The fraction of sp³-hybridized carbons (Fsp3) is 0.278. The Hall–Kier alpha value is -2.33. The predicted octanol–water partition coefficient (Wildman–Crippen LogP) is 3.04. The molecule has 0 fully saturated rings. The van der Waals surface area contributed by atoms with Crippen LogP contribution in [0.1, 0.15) is 27.0 Å². The molecule has 114 valence electrons. The SMILES string of the molecule is Cc1ccc(C(=O)Nc2ccc3c(c2)CNCCO3)c(C)c1. The number of carbonyl (C=O) groups excluding carboxylic acids is 1. The van der Waals surface area contributed by atoms with Gasteiger partial charge >= 0.3 is 0 Å². The van der Waals surface area contributed by atoms with Crippen molar-refractivity contribution in [3.8, 4) is 5.75 Å². The number of hydrogen-bond donors (Lipinski definition) is 2. The molecule has 2 aromatic rings. The van der Waals surface area contributed by atoms with Crippen molar-refractivity contribution >= 4 is 11.6 Å². The molecule has 2 aromatic carbocycles. The number of amides is 1. The Balaban J connectivity index is 1.80. The fourth-order valence-electron chi connectivity index (χ4n) is 2.66. The van der Waals surface area contributed by atoms with E-state index in [0.717, 1.165) is 41.2 Å². The minimum atomic E-state index is -0.0834. The summed E-state index contributed by atoms with van der Waals surface area (Å²) in [5.74, 6) is 0.800. The predicted molar refractivity (Wildman–Crippen MR) is 87.5 cm³/mol. The van der Waals surface area contributed by atoms with Crippen molar-refractivity contribution in [2.45, 2.75) is 20.4 Å². The first-order valence-electron chi connectivity index (χ1n) is 7.48. The van der Waals surface area contributed by atoms with Crippen LogP contribution in [0.15, 0.2) is 36.4 Å². The summed E-state index contributed by atoms with van der Waals surface area (Å²) in [6.45, 7) is 6.23. The van der Waals surface area contributed by atoms with Crippen molar-refractivity contribution in [2.24, 2.45) is 0 Å². The van der Waals surface area contributed by atoms with Gasteiger partial charge in [-0.15, -0.1) is 0 Å². The van der Waals surface area contributed by atoms with E-state index in [0.29, 0.717) is 12.2 Å². The Morgan fingerprint density at radius 2 is 2.05 bits per heavy atom. The number of nitrogens with one attached hydrogen (secondary N) is 2. The van der Waals surface area contributed by atoms with E-state index in [2.05, 4.69) is 10.6 Å². The van der Waals surface area contributed by atoms with Gasteiger partial charge in [-0.1, -0.05) is 17.7 Å². The normalized spacial score (nSPS) is 13.7. The van der Waals surface area contributed by atoms with E-state index in [4.69, 9.17) is 4.74 Å². The lowest BCUT2D eigenvalue weighted by atomic mass is 10.0. The zero-order chi connectivity index (χ0) is 15.5. The highest BCUT2D eigenvalue weighted by atomic mass is 16.5. The number of fused-ring (bicyclic) bond motifs is 1. The summed E-state index contributed by atoms with van der Waals surface area (Å²) in [6.07, 6.45) is 0. The maximum atomic E-state index is 12.4. The van der Waals surface area contributed by atoms with Gasteiger partial charge in [-0.3, -0.25) is 4.79 Å². The lowest BCUT2D eigenvalue weighted by Crippen LogP contribution is -2.16. The van der Waals surface area contributed by atoms with Gasteiger partial charge in [-0.2, -0.15) is 0 Å². The van der Waals surface area contributed by atoms with Crippen molar-refractivity contribution in [1.82, 2.24) is 5.32 Å². The van der Waals surface area contributed by atoms with Crippen LogP contribution in [0.3, 0.4) is 0 Å². The molecule has 0 unspecified atom stereocenters. The summed E-state index contributed by atoms with van der Waals surface area (Å²) in [7, 11) is 0. The Morgan fingerprint density at radius 1 is 1.18 bits per heavy atom. The maximum Gasteiger partial charge on any atom is 0.255 e. The van der Waals surface area contributed by atoms with Gasteiger partial charge in [-0.05, 0) is 43.7 Å². The average molecular weight is 296 g/mol. The number of anilines is 1. The number of rotatable bonds is 2. The topological polar surface area (TPSA) is 50.4 Å². The van der Waals surface area contributed by atoms with E-state index < -0.39 is 0 Å². The number of benzene rings is 2. The Kier molecular flexibility index (Phi) is 4.11. The quantitative estimate of drug-likeness (QED) is 0.895. The van der Waals surface area contributed by atoms with E-state index in [-0.39, 0.29) is 5.91 Å². The zero-order valence-electron chi connectivity index (χ0n) is 12.9. The summed E-state index contributed by atoms with van der Waals surface area (Å²) in [5, 5.41) is 6.26. The molecule has 4 nitrogen and oxygen atoms in total. The van der Waals surface area contributed by atoms with Crippen LogP contribution in [0.25, 0.3) is 0 Å². The molecule has 0 radical (unpaired) electrons. The molecule has 1 heterocycles. The van der Waals surface area contributed by atoms with Crippen LogP contribution < -0.4 is 15.4 Å². The maximum absolute atomic E-state index is 12.4. The first kappa shape index (κ1) is 14.6. The third-order valence-electron chi connectivity index (χ3n) is 3.80. The Labute approximate surface area is 130 Å². The lowest BCUT2D eigenvalue weighted by molar-refractivity contribution is 0.102. The Bertz CT molecular complexity index is 710. The molecule has 2 N–H and O–H groups in total. The third-order valence-corrected chi connectivity index (χ3v) is 3.80. The van der Waals surface area contributed by atoms with E-state index >= 15 is 0 Å². The van der Waals surface area contributed by atoms with Gasteiger partial charge in [0.05, 0.1) is 0 Å². The summed E-state index contributed by atoms with van der Waals surface area (Å²) in [4.78, 5) is 12.4. The number of carbonyl (C=O) groups is 1. The van der Waals surface area contributed by atoms with Crippen LogP contribution in [0.5, 0.6) is 5.75 Å². The number of hydrogen-bond acceptors (Lipinski definition) is 3. The van der Waals surface area contributed by atoms with Crippen LogP contribution >= 0.6 is 0 Å². The van der Waals surface area contributed by atoms with E-state index in [1.807, 2.05) is 50.2 Å². The van der Waals surface area contributed by atoms with E-state index in [1.165, 1.54) is 0 Å². The van der Waals surface area contributed by atoms with E-state index in [9.17, 15) is 4.79 Å². The van der Waals surface area contributed by atoms with Gasteiger partial charge in [0, 0.05) is 29.9 Å². The molecule has 0 bridgehead atoms. The minimum Gasteiger partial charge on any atom is -0.492 e. The highest BCUT2D eigenvalue weighted by Gasteiger charge is 2.12. The fourth-order valence-corrected chi connectivity index (χ4v) is 2.66. The van der Waals surface area contributed by atoms with Crippen molar-refractivity contribution in [3.63, 3.8) is 0 Å². The Morgan fingerprint density at radius 3 is 2.86 bits per heavy atom. The van der Waals surface area contributed by atoms with Gasteiger partial charge in [0.25, 0.3) is 5.91 Å². The lowest BCUT2D eigenvalue weighted by Gasteiger charge is -2.11. The molecule has 0 atom stereocenters. The first-order chi connectivity index (χ1) is 10.6. The van der Waals surface area contributed by atoms with E-state index in [1.54, 1.807) is 0 Å². The molecule has 1 amide bonds. The third kappa shape index (κ3) is 3.12. The largest absolute Gasteiger partial charge is 0.492 e. The van der Waals surface area contributed by atoms with Crippen LogP contribution in [0.4, 0.5) is 5.69 Å². The van der Waals surface area contributed by atoms with Crippen LogP contribution in [0, 0.1) is 13.8 Å². The molecule has 0 aromatic heterocycles. The molecule has 0 aliphatic carbocycles. The summed E-state index contributed by atoms with van der Waals surface area (Å²) >= 11 is 0. The molecule has 3 rings (SSSR count). The first-order valence-corrected chi connectivity index (χ1v) is 7.48. The summed E-state index contributed by atoms with van der Waals surface area (Å²) in [6, 6.07) is 11.6. The highest BCUT2D eigenvalue weighted by molar-refractivity contribution is 6.05. The second-order valence-corrected chi connectivity index (χ2v) is 5.62. The molecule has 22 heavy (non-hydrogen) atoms. The van der Waals surface area contributed by atoms with Gasteiger partial charge in [0.15, 0.2) is 0 Å². The molecular weight excluding hydrogens is 276 g/mol. The molecule has 1 aliphatic heterocycles. The van der Waals surface area contributed by atoms with Crippen molar-refractivity contribution < 1.29 is 9.53 Å². The number of aryl methyl sites for hydroxylation is 2. The van der Waals surface area contributed by atoms with Crippen molar-refractivity contribution in [2.75, 3.05) is 18.5 Å². The second kappa shape index (κ2) is 6.20. The smallest absolute Gasteiger partial charge is 0.255 e. The number of ether oxygens (including phenoxy) is 1. The van der Waals surface area contributed by atoms with Gasteiger partial charge in [-0.25, -0.2) is 0 Å².